The number of primary amides is 1. The molecule has 2 aromatic heterocycles. The zero-order valence-electron chi connectivity index (χ0n) is 14.8. The third-order valence-electron chi connectivity index (χ3n) is 4.75. The molecule has 2 rings (SSSR count). The summed E-state index contributed by atoms with van der Waals surface area (Å²) in [5.41, 5.74) is 10.9. The molecule has 0 aliphatic heterocycles. The average Bonchev–Trinajstić information content (AvgIpc) is 3.09. The molecule has 0 saturated heterocycles. The Bertz CT molecular complexity index is 668. The maximum Gasteiger partial charge on any atom is 0.251 e. The normalized spacial score (nSPS) is 12.8. The van der Waals surface area contributed by atoms with Gasteiger partial charge in [-0.25, -0.2) is 0 Å². The van der Waals surface area contributed by atoms with Crippen LogP contribution in [0.3, 0.4) is 0 Å². The van der Waals surface area contributed by atoms with Crippen LogP contribution in [0.1, 0.15) is 68.3 Å². The van der Waals surface area contributed by atoms with Crippen molar-refractivity contribution in [1.82, 2.24) is 4.57 Å². The minimum atomic E-state index is -0.323. The second kappa shape index (κ2) is 7.35. The SMILES string of the molecule is CCCCc1c(-c2ccsc2)c(C(N)=O)c(C)n1C(C)C(C)C. The predicted molar refractivity (Wildman–Crippen MR) is 99.2 cm³/mol. The van der Waals surface area contributed by atoms with E-state index in [1.165, 1.54) is 5.69 Å². The van der Waals surface area contributed by atoms with E-state index in [1.54, 1.807) is 11.3 Å². The van der Waals surface area contributed by atoms with Crippen molar-refractivity contribution in [1.29, 1.82) is 0 Å². The molecule has 0 aromatic carbocycles. The number of thiophene rings is 1. The molecular formula is C19H28N2OS. The highest BCUT2D eigenvalue weighted by Crippen LogP contribution is 2.38. The number of hydrogen-bond acceptors (Lipinski definition) is 2. The molecule has 0 fully saturated rings. The van der Waals surface area contributed by atoms with Crippen LogP contribution < -0.4 is 5.73 Å². The smallest absolute Gasteiger partial charge is 0.251 e. The van der Waals surface area contributed by atoms with Crippen LogP contribution in [0, 0.1) is 12.8 Å². The highest BCUT2D eigenvalue weighted by Gasteiger charge is 2.27. The predicted octanol–water partition coefficient (Wildman–Crippen LogP) is 5.18. The van der Waals surface area contributed by atoms with Crippen LogP contribution >= 0.6 is 11.3 Å². The van der Waals surface area contributed by atoms with Crippen LogP contribution in [-0.4, -0.2) is 10.5 Å². The molecule has 126 valence electrons. The van der Waals surface area contributed by atoms with Crippen LogP contribution in [0.5, 0.6) is 0 Å². The van der Waals surface area contributed by atoms with Gasteiger partial charge in [0.05, 0.1) is 5.56 Å². The molecule has 2 heterocycles. The molecule has 4 heteroatoms. The van der Waals surface area contributed by atoms with Gasteiger partial charge >= 0.3 is 0 Å². The van der Waals surface area contributed by atoms with Crippen molar-refractivity contribution in [3.63, 3.8) is 0 Å². The Morgan fingerprint density at radius 1 is 1.35 bits per heavy atom. The van der Waals surface area contributed by atoms with Gasteiger partial charge in [0.25, 0.3) is 5.91 Å². The minimum Gasteiger partial charge on any atom is -0.366 e. The molecule has 0 saturated carbocycles. The molecule has 2 N–H and O–H groups in total. The number of rotatable bonds is 7. The first kappa shape index (κ1) is 17.8. The fraction of sp³-hybridized carbons (Fsp3) is 0.526. The van der Waals surface area contributed by atoms with E-state index in [0.717, 1.165) is 36.1 Å². The van der Waals surface area contributed by atoms with Crippen molar-refractivity contribution < 1.29 is 4.79 Å². The Kier molecular flexibility index (Phi) is 5.69. The van der Waals surface area contributed by atoms with Crippen LogP contribution in [-0.2, 0) is 6.42 Å². The summed E-state index contributed by atoms with van der Waals surface area (Å²) in [6.07, 6.45) is 3.23. The quantitative estimate of drug-likeness (QED) is 0.746. The third kappa shape index (κ3) is 3.37. The maximum atomic E-state index is 12.2. The molecule has 0 aliphatic carbocycles. The number of carbonyl (C=O) groups is 1. The van der Waals surface area contributed by atoms with Gasteiger partial charge in [0, 0.05) is 23.0 Å². The third-order valence-corrected chi connectivity index (χ3v) is 5.43. The van der Waals surface area contributed by atoms with Crippen LogP contribution in [0.25, 0.3) is 11.1 Å². The number of unbranched alkanes of at least 4 members (excludes halogenated alkanes) is 1. The molecule has 2 aromatic rings. The molecule has 0 bridgehead atoms. The molecule has 1 amide bonds. The standard InChI is InChI=1S/C19H28N2OS/c1-6-7-8-16-18(15-9-10-23-11-15)17(19(20)22)14(5)21(16)13(4)12(2)3/h9-13H,6-8H2,1-5H3,(H2,20,22). The second-order valence-corrected chi connectivity index (χ2v) is 7.40. The number of hydrogen-bond donors (Lipinski definition) is 1. The Balaban J connectivity index is 2.75. The summed E-state index contributed by atoms with van der Waals surface area (Å²) in [6.45, 7) is 10.9. The zero-order chi connectivity index (χ0) is 17.1. The number of aromatic nitrogens is 1. The zero-order valence-corrected chi connectivity index (χ0v) is 15.7. The Labute approximate surface area is 143 Å². The maximum absolute atomic E-state index is 12.2. The van der Waals surface area contributed by atoms with E-state index in [1.807, 2.05) is 6.92 Å². The summed E-state index contributed by atoms with van der Waals surface area (Å²) in [4.78, 5) is 12.2. The lowest BCUT2D eigenvalue weighted by molar-refractivity contribution is 0.1000. The first-order valence-electron chi connectivity index (χ1n) is 8.46. The van der Waals surface area contributed by atoms with Crippen molar-refractivity contribution in [2.75, 3.05) is 0 Å². The van der Waals surface area contributed by atoms with Gasteiger partial charge in [0.1, 0.15) is 0 Å². The van der Waals surface area contributed by atoms with E-state index >= 15 is 0 Å². The van der Waals surface area contributed by atoms with Crippen molar-refractivity contribution in [3.8, 4) is 11.1 Å². The molecule has 1 unspecified atom stereocenters. The molecule has 0 radical (unpaired) electrons. The van der Waals surface area contributed by atoms with Crippen molar-refractivity contribution in [2.45, 2.75) is 59.9 Å². The van der Waals surface area contributed by atoms with Crippen molar-refractivity contribution in [3.05, 3.63) is 33.8 Å². The van der Waals surface area contributed by atoms with E-state index < -0.39 is 0 Å². The van der Waals surface area contributed by atoms with E-state index in [0.29, 0.717) is 17.5 Å². The van der Waals surface area contributed by atoms with E-state index in [9.17, 15) is 4.79 Å². The van der Waals surface area contributed by atoms with Gasteiger partial charge in [0.15, 0.2) is 0 Å². The molecule has 0 aliphatic rings. The summed E-state index contributed by atoms with van der Waals surface area (Å²) in [5, 5.41) is 4.17. The topological polar surface area (TPSA) is 48.0 Å². The summed E-state index contributed by atoms with van der Waals surface area (Å²) in [7, 11) is 0. The number of nitrogens with zero attached hydrogens (tertiary/aromatic N) is 1. The number of nitrogens with two attached hydrogens (primary N) is 1. The highest BCUT2D eigenvalue weighted by atomic mass is 32.1. The Hall–Kier alpha value is -1.55. The van der Waals surface area contributed by atoms with Crippen LogP contribution in [0.15, 0.2) is 16.8 Å². The van der Waals surface area contributed by atoms with E-state index in [4.69, 9.17) is 5.73 Å². The monoisotopic (exact) mass is 332 g/mol. The number of amides is 1. The average molecular weight is 333 g/mol. The van der Waals surface area contributed by atoms with Gasteiger partial charge in [-0.2, -0.15) is 11.3 Å². The lowest BCUT2D eigenvalue weighted by atomic mass is 9.99. The van der Waals surface area contributed by atoms with Gasteiger partial charge in [-0.1, -0.05) is 27.2 Å². The van der Waals surface area contributed by atoms with Crippen LogP contribution in [0.2, 0.25) is 0 Å². The first-order valence-corrected chi connectivity index (χ1v) is 9.40. The van der Waals surface area contributed by atoms with Crippen LogP contribution in [0.4, 0.5) is 0 Å². The lowest BCUT2D eigenvalue weighted by Crippen LogP contribution is -2.17. The van der Waals surface area contributed by atoms with E-state index in [-0.39, 0.29) is 5.91 Å². The summed E-state index contributed by atoms with van der Waals surface area (Å²) in [5.74, 6) is 0.175. The van der Waals surface area contributed by atoms with Crippen molar-refractivity contribution in [2.24, 2.45) is 11.7 Å². The largest absolute Gasteiger partial charge is 0.366 e. The van der Waals surface area contributed by atoms with Gasteiger partial charge in [-0.15, -0.1) is 0 Å². The molecule has 1 atom stereocenters. The minimum absolute atomic E-state index is 0.323. The fourth-order valence-electron chi connectivity index (χ4n) is 3.23. The molecular weight excluding hydrogens is 304 g/mol. The lowest BCUT2D eigenvalue weighted by Gasteiger charge is -2.23. The molecule has 23 heavy (non-hydrogen) atoms. The molecule has 3 nitrogen and oxygen atoms in total. The summed E-state index contributed by atoms with van der Waals surface area (Å²) in [6, 6.07) is 2.43. The summed E-state index contributed by atoms with van der Waals surface area (Å²) < 4.78 is 2.35. The van der Waals surface area contributed by atoms with Gasteiger partial charge < -0.3 is 10.3 Å². The number of carbonyl (C=O) groups excluding carboxylic acids is 1. The molecule has 0 spiro atoms. The Morgan fingerprint density at radius 2 is 2.04 bits per heavy atom. The summed E-state index contributed by atoms with van der Waals surface area (Å²) >= 11 is 1.66. The fourth-order valence-corrected chi connectivity index (χ4v) is 3.87. The van der Waals surface area contributed by atoms with Crippen molar-refractivity contribution >= 4 is 17.2 Å². The first-order chi connectivity index (χ1) is 10.9. The van der Waals surface area contributed by atoms with Gasteiger partial charge in [-0.3, -0.25) is 4.79 Å². The Morgan fingerprint density at radius 3 is 2.52 bits per heavy atom. The highest BCUT2D eigenvalue weighted by molar-refractivity contribution is 7.08. The van der Waals surface area contributed by atoms with Gasteiger partial charge in [0.2, 0.25) is 0 Å². The second-order valence-electron chi connectivity index (χ2n) is 6.62. The van der Waals surface area contributed by atoms with E-state index in [2.05, 4.69) is 49.1 Å². The van der Waals surface area contributed by atoms with Gasteiger partial charge in [-0.05, 0) is 55.0 Å².